The van der Waals surface area contributed by atoms with Gasteiger partial charge in [0.25, 0.3) is 0 Å². The maximum absolute atomic E-state index is 12.3. The Morgan fingerprint density at radius 1 is 1.71 bits per heavy atom. The number of carbonyl (C=O) groups is 1. The van der Waals surface area contributed by atoms with Crippen LogP contribution in [0.15, 0.2) is 12.4 Å². The van der Waals surface area contributed by atoms with Gasteiger partial charge in [-0.3, -0.25) is 9.36 Å². The van der Waals surface area contributed by atoms with E-state index in [-0.39, 0.29) is 18.9 Å². The van der Waals surface area contributed by atoms with E-state index in [2.05, 4.69) is 10.3 Å². The van der Waals surface area contributed by atoms with Crippen LogP contribution in [0.3, 0.4) is 0 Å². The van der Waals surface area contributed by atoms with Gasteiger partial charge in [-0.05, 0) is 0 Å². The number of halogens is 2. The van der Waals surface area contributed by atoms with Crippen LogP contribution >= 0.6 is 0 Å². The van der Waals surface area contributed by atoms with Crippen molar-refractivity contribution in [2.45, 2.75) is 13.1 Å². The van der Waals surface area contributed by atoms with Gasteiger partial charge in [-0.25, -0.2) is 4.98 Å². The first-order chi connectivity index (χ1) is 6.61. The molecule has 0 aromatic carbocycles. The Hall–Kier alpha value is -1.50. The summed E-state index contributed by atoms with van der Waals surface area (Å²) in [5.74, 6) is -0.374. The van der Waals surface area contributed by atoms with E-state index >= 15 is 0 Å². The highest BCUT2D eigenvalue weighted by Crippen LogP contribution is 2.11. The molecule has 1 amide bonds. The van der Waals surface area contributed by atoms with Gasteiger partial charge in [-0.2, -0.15) is 8.78 Å². The van der Waals surface area contributed by atoms with Gasteiger partial charge in [0.05, 0.1) is 13.1 Å². The van der Waals surface area contributed by atoms with E-state index in [1.807, 2.05) is 0 Å². The number of hydrogen-bond donors (Lipinski definition) is 2. The van der Waals surface area contributed by atoms with Crippen molar-refractivity contribution in [3.8, 4) is 0 Å². The van der Waals surface area contributed by atoms with Crippen LogP contribution in [0.25, 0.3) is 0 Å². The maximum Gasteiger partial charge on any atom is 0.319 e. The third kappa shape index (κ3) is 2.77. The molecule has 0 unspecified atom stereocenters. The molecule has 0 spiro atoms. The molecule has 1 heterocycles. The first kappa shape index (κ1) is 10.6. The average molecular weight is 204 g/mol. The van der Waals surface area contributed by atoms with Crippen LogP contribution in [0.1, 0.15) is 12.4 Å². The molecule has 1 aromatic rings. The zero-order valence-corrected chi connectivity index (χ0v) is 7.28. The fourth-order valence-electron chi connectivity index (χ4n) is 0.956. The molecule has 1 rings (SSSR count). The second kappa shape index (κ2) is 4.66. The van der Waals surface area contributed by atoms with E-state index in [0.717, 1.165) is 0 Å². The number of alkyl halides is 2. The summed E-state index contributed by atoms with van der Waals surface area (Å²) < 4.78 is 25.2. The molecule has 0 aliphatic rings. The molecule has 7 heteroatoms. The van der Waals surface area contributed by atoms with E-state index < -0.39 is 12.5 Å². The summed E-state index contributed by atoms with van der Waals surface area (Å²) in [6, 6.07) is 0. The zero-order chi connectivity index (χ0) is 10.6. The number of aromatic nitrogens is 2. The van der Waals surface area contributed by atoms with Gasteiger partial charge in [0.2, 0.25) is 5.91 Å². The molecule has 0 atom stereocenters. The molecule has 0 radical (unpaired) electrons. The fraction of sp³-hybridized carbons (Fsp3) is 0.429. The van der Waals surface area contributed by atoms with Crippen molar-refractivity contribution in [2.75, 3.05) is 6.54 Å². The molecular weight excluding hydrogens is 194 g/mol. The second-order valence-corrected chi connectivity index (χ2v) is 2.60. The third-order valence-corrected chi connectivity index (χ3v) is 1.54. The molecule has 0 saturated heterocycles. The number of primary amides is 1. The normalized spacial score (nSPS) is 10.8. The number of nitrogens with two attached hydrogens (primary N) is 1. The predicted molar refractivity (Wildman–Crippen MR) is 44.4 cm³/mol. The molecule has 3 N–H and O–H groups in total. The van der Waals surface area contributed by atoms with Gasteiger partial charge < -0.3 is 11.1 Å². The Morgan fingerprint density at radius 3 is 3.00 bits per heavy atom. The summed E-state index contributed by atoms with van der Waals surface area (Å²) in [6.45, 7) is -2.60. The smallest absolute Gasteiger partial charge is 0.319 e. The second-order valence-electron chi connectivity index (χ2n) is 2.60. The maximum atomic E-state index is 12.3. The number of nitrogens with zero attached hydrogens (tertiary/aromatic N) is 2. The SMILES string of the molecule is NC(=O)CNCc1nccn1C(F)F. The lowest BCUT2D eigenvalue weighted by Crippen LogP contribution is -2.29. The summed E-state index contributed by atoms with van der Waals surface area (Å²) in [6.07, 6.45) is 2.44. The van der Waals surface area contributed by atoms with E-state index in [1.165, 1.54) is 12.4 Å². The standard InChI is InChI=1S/C7H10F2N4O/c8-7(9)13-2-1-12-6(13)4-11-3-5(10)14/h1-2,7,11H,3-4H2,(H2,10,14). The van der Waals surface area contributed by atoms with E-state index in [4.69, 9.17) is 5.73 Å². The summed E-state index contributed by atoms with van der Waals surface area (Å²) in [5, 5.41) is 2.59. The molecule has 0 bridgehead atoms. The van der Waals surface area contributed by atoms with Crippen LogP contribution in [-0.2, 0) is 11.3 Å². The molecule has 0 aliphatic heterocycles. The molecule has 1 aromatic heterocycles. The van der Waals surface area contributed by atoms with Crippen molar-refractivity contribution < 1.29 is 13.6 Å². The number of hydrogen-bond acceptors (Lipinski definition) is 3. The van der Waals surface area contributed by atoms with Gasteiger partial charge in [0.15, 0.2) is 0 Å². The van der Waals surface area contributed by atoms with Crippen LogP contribution in [0.4, 0.5) is 8.78 Å². The van der Waals surface area contributed by atoms with Gasteiger partial charge in [-0.15, -0.1) is 0 Å². The molecule has 14 heavy (non-hydrogen) atoms. The highest BCUT2D eigenvalue weighted by Gasteiger charge is 2.10. The van der Waals surface area contributed by atoms with Gasteiger partial charge in [-0.1, -0.05) is 0 Å². The van der Waals surface area contributed by atoms with Crippen molar-refractivity contribution in [2.24, 2.45) is 5.73 Å². The quantitative estimate of drug-likeness (QED) is 0.700. The summed E-state index contributed by atoms with van der Waals surface area (Å²) >= 11 is 0. The average Bonchev–Trinajstić information content (AvgIpc) is 2.51. The Bertz CT molecular complexity index is 312. The largest absolute Gasteiger partial charge is 0.369 e. The Labute approximate surface area is 78.9 Å². The first-order valence-electron chi connectivity index (χ1n) is 3.90. The lowest BCUT2D eigenvalue weighted by molar-refractivity contribution is -0.117. The van der Waals surface area contributed by atoms with Crippen molar-refractivity contribution in [1.82, 2.24) is 14.9 Å². The molecule has 0 saturated carbocycles. The molecule has 5 nitrogen and oxygen atoms in total. The van der Waals surface area contributed by atoms with Crippen LogP contribution in [-0.4, -0.2) is 22.0 Å². The first-order valence-corrected chi connectivity index (χ1v) is 3.90. The highest BCUT2D eigenvalue weighted by atomic mass is 19.3. The highest BCUT2D eigenvalue weighted by molar-refractivity contribution is 5.75. The third-order valence-electron chi connectivity index (χ3n) is 1.54. The van der Waals surface area contributed by atoms with Crippen LogP contribution in [0.2, 0.25) is 0 Å². The van der Waals surface area contributed by atoms with Crippen molar-refractivity contribution in [3.05, 3.63) is 18.2 Å². The topological polar surface area (TPSA) is 72.9 Å². The number of carbonyl (C=O) groups excluding carboxylic acids is 1. The van der Waals surface area contributed by atoms with E-state index in [0.29, 0.717) is 4.57 Å². The van der Waals surface area contributed by atoms with Crippen molar-refractivity contribution >= 4 is 5.91 Å². The van der Waals surface area contributed by atoms with Crippen LogP contribution in [0.5, 0.6) is 0 Å². The minimum absolute atomic E-state index is 0.0594. The lowest BCUT2D eigenvalue weighted by Gasteiger charge is -2.06. The Kier molecular flexibility index (Phi) is 3.52. The van der Waals surface area contributed by atoms with Gasteiger partial charge >= 0.3 is 6.55 Å². The lowest BCUT2D eigenvalue weighted by atomic mass is 10.5. The summed E-state index contributed by atoms with van der Waals surface area (Å²) in [7, 11) is 0. The molecule has 0 fully saturated rings. The number of nitrogens with one attached hydrogen (secondary N) is 1. The summed E-state index contributed by atoms with van der Waals surface area (Å²) in [5.41, 5.74) is 4.85. The van der Waals surface area contributed by atoms with Crippen molar-refractivity contribution in [1.29, 1.82) is 0 Å². The number of amides is 1. The van der Waals surface area contributed by atoms with Crippen LogP contribution in [0, 0.1) is 0 Å². The van der Waals surface area contributed by atoms with E-state index in [1.54, 1.807) is 0 Å². The molecule has 78 valence electrons. The minimum Gasteiger partial charge on any atom is -0.369 e. The van der Waals surface area contributed by atoms with Crippen molar-refractivity contribution in [3.63, 3.8) is 0 Å². The molecule has 0 aliphatic carbocycles. The number of rotatable bonds is 5. The van der Waals surface area contributed by atoms with E-state index in [9.17, 15) is 13.6 Å². The zero-order valence-electron chi connectivity index (χ0n) is 7.28. The predicted octanol–water partition coefficient (Wildman–Crippen LogP) is -0.147. The minimum atomic E-state index is -2.62. The van der Waals surface area contributed by atoms with Gasteiger partial charge in [0, 0.05) is 12.4 Å². The molecular formula is C7H10F2N4O. The Morgan fingerprint density at radius 2 is 2.43 bits per heavy atom. The monoisotopic (exact) mass is 204 g/mol. The van der Waals surface area contributed by atoms with Crippen LogP contribution < -0.4 is 11.1 Å². The number of imidazole rings is 1. The Balaban J connectivity index is 2.50. The fourth-order valence-corrected chi connectivity index (χ4v) is 0.956. The van der Waals surface area contributed by atoms with Gasteiger partial charge in [0.1, 0.15) is 5.82 Å². The summed E-state index contributed by atoms with van der Waals surface area (Å²) in [4.78, 5) is 14.0.